The number of nitrogens with one attached hydrogen (secondary N) is 1. The second-order valence-electron chi connectivity index (χ2n) is 5.37. The van der Waals surface area contributed by atoms with Gasteiger partial charge >= 0.3 is 0 Å². The number of halogens is 2. The van der Waals surface area contributed by atoms with E-state index in [0.717, 1.165) is 18.9 Å². The van der Waals surface area contributed by atoms with Crippen molar-refractivity contribution in [1.29, 1.82) is 0 Å². The minimum atomic E-state index is -0.323. The van der Waals surface area contributed by atoms with Gasteiger partial charge in [-0.15, -0.1) is 0 Å². The van der Waals surface area contributed by atoms with Gasteiger partial charge in [-0.3, -0.25) is 0 Å². The molecule has 0 bridgehead atoms. The van der Waals surface area contributed by atoms with Crippen molar-refractivity contribution in [3.63, 3.8) is 0 Å². The normalized spacial score (nSPS) is 15.5. The van der Waals surface area contributed by atoms with Crippen LogP contribution in [0.5, 0.6) is 0 Å². The molecule has 1 aromatic carbocycles. The van der Waals surface area contributed by atoms with Crippen LogP contribution in [0.1, 0.15) is 44.1 Å². The molecule has 2 rings (SSSR count). The first-order valence-electron chi connectivity index (χ1n) is 7.11. The summed E-state index contributed by atoms with van der Waals surface area (Å²) in [6.45, 7) is 0.798. The minimum absolute atomic E-state index is 0.198. The lowest BCUT2D eigenvalue weighted by Crippen LogP contribution is -2.12. The van der Waals surface area contributed by atoms with Gasteiger partial charge in [0.15, 0.2) is 5.82 Å². The fourth-order valence-corrected chi connectivity index (χ4v) is 3.65. The highest BCUT2D eigenvalue weighted by atomic mass is 79.9. The lowest BCUT2D eigenvalue weighted by atomic mass is 10.0. The number of hydrogen-bond acceptors (Lipinski definition) is 2. The van der Waals surface area contributed by atoms with Crippen molar-refractivity contribution >= 4 is 38.8 Å². The summed E-state index contributed by atoms with van der Waals surface area (Å²) in [6, 6.07) is 3.44. The summed E-state index contributed by atoms with van der Waals surface area (Å²) in [4.78, 5) is 0.198. The minimum Gasteiger partial charge on any atom is -0.389 e. The Balaban J connectivity index is 1.86. The second kappa shape index (κ2) is 7.36. The van der Waals surface area contributed by atoms with Gasteiger partial charge in [0.05, 0.1) is 10.2 Å². The van der Waals surface area contributed by atoms with E-state index >= 15 is 0 Å². The first-order chi connectivity index (χ1) is 9.59. The van der Waals surface area contributed by atoms with Crippen LogP contribution in [0.4, 0.5) is 10.1 Å². The van der Waals surface area contributed by atoms with Crippen LogP contribution in [0, 0.1) is 11.7 Å². The lowest BCUT2D eigenvalue weighted by Gasteiger charge is -2.12. The van der Waals surface area contributed by atoms with E-state index in [1.165, 1.54) is 32.1 Å². The molecule has 110 valence electrons. The smallest absolute Gasteiger partial charge is 0.161 e. The fraction of sp³-hybridized carbons (Fsp3) is 0.533. The van der Waals surface area contributed by atoms with Crippen LogP contribution in [0.25, 0.3) is 0 Å². The molecule has 0 unspecified atom stereocenters. The topological polar surface area (TPSA) is 38.0 Å². The maximum Gasteiger partial charge on any atom is 0.161 e. The highest BCUT2D eigenvalue weighted by Gasteiger charge is 2.15. The largest absolute Gasteiger partial charge is 0.389 e. The van der Waals surface area contributed by atoms with Gasteiger partial charge in [-0.05, 0) is 46.8 Å². The zero-order chi connectivity index (χ0) is 14.5. The third-order valence-corrected chi connectivity index (χ3v) is 4.92. The van der Waals surface area contributed by atoms with Crippen LogP contribution in [-0.2, 0) is 0 Å². The predicted molar refractivity (Wildman–Crippen MR) is 89.7 cm³/mol. The summed E-state index contributed by atoms with van der Waals surface area (Å²) in [5.74, 6) is 0.557. The van der Waals surface area contributed by atoms with Crippen LogP contribution in [0.3, 0.4) is 0 Å². The summed E-state index contributed by atoms with van der Waals surface area (Å²) < 4.78 is 14.5. The first kappa shape index (κ1) is 15.7. The molecule has 0 aliphatic heterocycles. The van der Waals surface area contributed by atoms with Crippen LogP contribution in [-0.4, -0.2) is 11.5 Å². The monoisotopic (exact) mass is 358 g/mol. The van der Waals surface area contributed by atoms with Gasteiger partial charge in [-0.25, -0.2) is 4.39 Å². The van der Waals surface area contributed by atoms with E-state index < -0.39 is 0 Å². The van der Waals surface area contributed by atoms with Crippen LogP contribution >= 0.6 is 28.1 Å². The SMILES string of the molecule is NC(=S)c1ccc(NCCCC2CCCC2)c(F)c1Br. The van der Waals surface area contributed by atoms with Crippen molar-refractivity contribution in [3.8, 4) is 0 Å². The van der Waals surface area contributed by atoms with Crippen molar-refractivity contribution in [1.82, 2.24) is 0 Å². The van der Waals surface area contributed by atoms with Crippen molar-refractivity contribution in [2.75, 3.05) is 11.9 Å². The van der Waals surface area contributed by atoms with Gasteiger partial charge in [0.2, 0.25) is 0 Å². The molecule has 0 amide bonds. The van der Waals surface area contributed by atoms with Gasteiger partial charge in [0.1, 0.15) is 4.99 Å². The predicted octanol–water partition coefficient (Wildman–Crippen LogP) is 4.60. The molecule has 1 fully saturated rings. The van der Waals surface area contributed by atoms with E-state index in [0.29, 0.717) is 15.7 Å². The van der Waals surface area contributed by atoms with Crippen molar-refractivity contribution in [3.05, 3.63) is 28.0 Å². The van der Waals surface area contributed by atoms with Crippen molar-refractivity contribution in [2.45, 2.75) is 38.5 Å². The zero-order valence-corrected chi connectivity index (χ0v) is 13.8. The van der Waals surface area contributed by atoms with Gasteiger partial charge in [-0.2, -0.15) is 0 Å². The molecule has 1 aromatic rings. The van der Waals surface area contributed by atoms with E-state index in [4.69, 9.17) is 18.0 Å². The Morgan fingerprint density at radius 3 is 2.75 bits per heavy atom. The molecule has 0 radical (unpaired) electrons. The number of thiocarbonyl (C=S) groups is 1. The number of benzene rings is 1. The second-order valence-corrected chi connectivity index (χ2v) is 6.61. The van der Waals surface area contributed by atoms with Crippen molar-refractivity contribution in [2.24, 2.45) is 11.7 Å². The molecule has 2 nitrogen and oxygen atoms in total. The highest BCUT2D eigenvalue weighted by molar-refractivity contribution is 9.10. The molecule has 0 aromatic heterocycles. The Bertz CT molecular complexity index is 487. The fourth-order valence-electron chi connectivity index (χ4n) is 2.79. The molecule has 20 heavy (non-hydrogen) atoms. The molecule has 0 saturated heterocycles. The Morgan fingerprint density at radius 2 is 2.10 bits per heavy atom. The summed E-state index contributed by atoms with van der Waals surface area (Å²) in [5, 5.41) is 3.15. The van der Waals surface area contributed by atoms with Gasteiger partial charge < -0.3 is 11.1 Å². The summed E-state index contributed by atoms with van der Waals surface area (Å²) in [7, 11) is 0. The number of nitrogens with two attached hydrogens (primary N) is 1. The van der Waals surface area contributed by atoms with E-state index in [1.54, 1.807) is 12.1 Å². The molecule has 0 heterocycles. The zero-order valence-electron chi connectivity index (χ0n) is 11.4. The van der Waals surface area contributed by atoms with Gasteiger partial charge in [0.25, 0.3) is 0 Å². The van der Waals surface area contributed by atoms with Crippen LogP contribution in [0.15, 0.2) is 16.6 Å². The average Bonchev–Trinajstić information content (AvgIpc) is 2.92. The summed E-state index contributed by atoms with van der Waals surface area (Å²) in [5.41, 5.74) is 6.58. The summed E-state index contributed by atoms with van der Waals surface area (Å²) >= 11 is 8.09. The molecule has 0 spiro atoms. The summed E-state index contributed by atoms with van der Waals surface area (Å²) in [6.07, 6.45) is 7.80. The maximum absolute atomic E-state index is 14.1. The molecular formula is C15H20BrFN2S. The van der Waals surface area contributed by atoms with E-state index in [9.17, 15) is 4.39 Å². The number of hydrogen-bond donors (Lipinski definition) is 2. The quantitative estimate of drug-likeness (QED) is 0.576. The Kier molecular flexibility index (Phi) is 5.78. The highest BCUT2D eigenvalue weighted by Crippen LogP contribution is 2.29. The number of rotatable bonds is 6. The molecule has 0 atom stereocenters. The third kappa shape index (κ3) is 3.92. The maximum atomic E-state index is 14.1. The van der Waals surface area contributed by atoms with E-state index in [-0.39, 0.29) is 10.8 Å². The van der Waals surface area contributed by atoms with Crippen molar-refractivity contribution < 1.29 is 4.39 Å². The molecule has 3 N–H and O–H groups in total. The van der Waals surface area contributed by atoms with E-state index in [2.05, 4.69) is 21.2 Å². The first-order valence-corrected chi connectivity index (χ1v) is 8.31. The Morgan fingerprint density at radius 1 is 1.40 bits per heavy atom. The Hall–Kier alpha value is -0.680. The number of anilines is 1. The standard InChI is InChI=1S/C15H20BrFN2S/c16-13-11(15(18)20)7-8-12(14(13)17)19-9-3-6-10-4-1-2-5-10/h7-8,10,19H,1-6,9H2,(H2,18,20). The van der Waals surface area contributed by atoms with Gasteiger partial charge in [-0.1, -0.05) is 37.9 Å². The molecule has 1 aliphatic rings. The lowest BCUT2D eigenvalue weighted by molar-refractivity contribution is 0.491. The molecule has 1 aliphatic carbocycles. The Labute approximate surface area is 133 Å². The molecule has 5 heteroatoms. The molecule has 1 saturated carbocycles. The van der Waals surface area contributed by atoms with Crippen LogP contribution in [0.2, 0.25) is 0 Å². The van der Waals surface area contributed by atoms with Gasteiger partial charge in [0, 0.05) is 12.1 Å². The molecular weight excluding hydrogens is 339 g/mol. The van der Waals surface area contributed by atoms with E-state index in [1.807, 2.05) is 0 Å². The third-order valence-electron chi connectivity index (χ3n) is 3.93. The van der Waals surface area contributed by atoms with Crippen LogP contribution < -0.4 is 11.1 Å². The average molecular weight is 359 g/mol.